The van der Waals surface area contributed by atoms with E-state index in [1.807, 2.05) is 4.90 Å². The summed E-state index contributed by atoms with van der Waals surface area (Å²) < 4.78 is 0. The summed E-state index contributed by atoms with van der Waals surface area (Å²) in [6.07, 6.45) is 4.87. The normalized spacial score (nSPS) is 38.4. The van der Waals surface area contributed by atoms with E-state index in [1.54, 1.807) is 0 Å². The molecule has 2 saturated carbocycles. The molecule has 3 aliphatic rings. The molecule has 0 aromatic carbocycles. The molecule has 0 aromatic rings. The highest BCUT2D eigenvalue weighted by Crippen LogP contribution is 2.37. The van der Waals surface area contributed by atoms with Crippen LogP contribution in [0.15, 0.2) is 0 Å². The molecule has 4 heteroatoms. The molecule has 2 amide bonds. The van der Waals surface area contributed by atoms with Crippen molar-refractivity contribution in [1.29, 1.82) is 0 Å². The van der Waals surface area contributed by atoms with Gasteiger partial charge in [-0.05, 0) is 37.5 Å². The van der Waals surface area contributed by atoms with Crippen LogP contribution in [0.3, 0.4) is 0 Å². The van der Waals surface area contributed by atoms with Gasteiger partial charge >= 0.3 is 0 Å². The Bertz CT molecular complexity index is 345. The Morgan fingerprint density at radius 1 is 1.24 bits per heavy atom. The summed E-state index contributed by atoms with van der Waals surface area (Å²) in [6.45, 7) is 2.84. The highest BCUT2D eigenvalue weighted by Gasteiger charge is 2.44. The zero-order chi connectivity index (χ0) is 12.0. The maximum absolute atomic E-state index is 12.4. The molecule has 1 N–H and O–H groups in total. The maximum Gasteiger partial charge on any atom is 0.245 e. The van der Waals surface area contributed by atoms with Crippen molar-refractivity contribution in [2.45, 2.75) is 51.1 Å². The van der Waals surface area contributed by atoms with E-state index in [0.717, 1.165) is 31.6 Å². The van der Waals surface area contributed by atoms with Crippen molar-refractivity contribution in [3.05, 3.63) is 0 Å². The number of rotatable bonds is 2. The Labute approximate surface area is 102 Å². The van der Waals surface area contributed by atoms with E-state index in [2.05, 4.69) is 12.2 Å². The molecule has 1 aliphatic heterocycles. The van der Waals surface area contributed by atoms with Gasteiger partial charge in [0.1, 0.15) is 6.04 Å². The molecule has 3 rings (SSSR count). The lowest BCUT2D eigenvalue weighted by Gasteiger charge is -2.42. The van der Waals surface area contributed by atoms with Gasteiger partial charge in [-0.2, -0.15) is 0 Å². The van der Waals surface area contributed by atoms with Crippen molar-refractivity contribution in [3.8, 4) is 0 Å². The Morgan fingerprint density at radius 3 is 2.53 bits per heavy atom. The number of nitrogens with one attached hydrogen (secondary N) is 1. The fraction of sp³-hybridized carbons (Fsp3) is 0.846. The van der Waals surface area contributed by atoms with Gasteiger partial charge in [0.15, 0.2) is 0 Å². The summed E-state index contributed by atoms with van der Waals surface area (Å²) in [5, 5.41) is 2.90. The first-order valence-electron chi connectivity index (χ1n) is 6.75. The summed E-state index contributed by atoms with van der Waals surface area (Å²) in [4.78, 5) is 26.0. The molecule has 94 valence electrons. The number of nitrogens with zero attached hydrogens (tertiary/aromatic N) is 1. The van der Waals surface area contributed by atoms with Crippen LogP contribution in [0, 0.1) is 11.8 Å². The van der Waals surface area contributed by atoms with E-state index >= 15 is 0 Å². The number of carbonyl (C=O) groups is 2. The summed E-state index contributed by atoms with van der Waals surface area (Å²) in [6, 6.07) is 0.173. The molecular formula is C13H20N2O2. The zero-order valence-electron chi connectivity index (χ0n) is 10.3. The van der Waals surface area contributed by atoms with Gasteiger partial charge in [0.2, 0.25) is 11.8 Å². The Morgan fingerprint density at radius 2 is 1.94 bits per heavy atom. The van der Waals surface area contributed by atoms with E-state index in [0.29, 0.717) is 24.9 Å². The minimum atomic E-state index is -0.221. The van der Waals surface area contributed by atoms with Gasteiger partial charge in [-0.3, -0.25) is 9.59 Å². The second-order valence-electron chi connectivity index (χ2n) is 5.89. The molecular weight excluding hydrogens is 216 g/mol. The predicted molar refractivity (Wildman–Crippen MR) is 63.2 cm³/mol. The van der Waals surface area contributed by atoms with E-state index in [-0.39, 0.29) is 17.9 Å². The number of hydrogen-bond acceptors (Lipinski definition) is 2. The van der Waals surface area contributed by atoms with Gasteiger partial charge in [0.05, 0.1) is 0 Å². The monoisotopic (exact) mass is 236 g/mol. The number of hydrogen-bond donors (Lipinski definition) is 1. The van der Waals surface area contributed by atoms with Gasteiger partial charge in [0, 0.05) is 19.0 Å². The van der Waals surface area contributed by atoms with Gasteiger partial charge in [-0.15, -0.1) is 0 Å². The highest BCUT2D eigenvalue weighted by molar-refractivity contribution is 5.90. The first kappa shape index (κ1) is 11.1. The molecule has 17 heavy (non-hydrogen) atoms. The Balaban J connectivity index is 1.73. The minimum Gasteiger partial charge on any atom is -0.344 e. The predicted octanol–water partition coefficient (Wildman–Crippen LogP) is 0.912. The van der Waals surface area contributed by atoms with E-state index in [4.69, 9.17) is 0 Å². The smallest absolute Gasteiger partial charge is 0.245 e. The standard InChI is InChI=1S/C13H20N2O2/c1-8-6-10(7-8)15-5-4-11(16)14-12(13(15)17)9-2-3-9/h8-10,12H,2-7H2,1H3,(H,14,16). The average Bonchev–Trinajstić information content (AvgIpc) is 3.05. The van der Waals surface area contributed by atoms with Crippen LogP contribution < -0.4 is 5.32 Å². The van der Waals surface area contributed by atoms with Crippen LogP contribution in [0.5, 0.6) is 0 Å². The van der Waals surface area contributed by atoms with Crippen molar-refractivity contribution < 1.29 is 9.59 Å². The van der Waals surface area contributed by atoms with Crippen LogP contribution >= 0.6 is 0 Å². The molecule has 3 fully saturated rings. The zero-order valence-corrected chi connectivity index (χ0v) is 10.3. The lowest BCUT2D eigenvalue weighted by Crippen LogP contribution is -2.52. The van der Waals surface area contributed by atoms with Crippen molar-refractivity contribution >= 4 is 11.8 Å². The molecule has 0 aromatic heterocycles. The summed E-state index contributed by atoms with van der Waals surface area (Å²) in [5.74, 6) is 1.36. The van der Waals surface area contributed by atoms with Crippen LogP contribution in [0.25, 0.3) is 0 Å². The largest absolute Gasteiger partial charge is 0.344 e. The quantitative estimate of drug-likeness (QED) is 0.775. The van der Waals surface area contributed by atoms with Gasteiger partial charge in [0.25, 0.3) is 0 Å². The SMILES string of the molecule is CC1CC(N2CCC(=O)NC(C3CC3)C2=O)C1. The fourth-order valence-electron chi connectivity index (χ4n) is 3.04. The van der Waals surface area contributed by atoms with Gasteiger partial charge in [-0.1, -0.05) is 6.92 Å². The van der Waals surface area contributed by atoms with Crippen molar-refractivity contribution in [2.75, 3.05) is 6.54 Å². The van der Waals surface area contributed by atoms with Gasteiger partial charge < -0.3 is 10.2 Å². The third kappa shape index (κ3) is 2.05. The summed E-state index contributed by atoms with van der Waals surface area (Å²) in [7, 11) is 0. The Hall–Kier alpha value is -1.06. The summed E-state index contributed by atoms with van der Waals surface area (Å²) in [5.41, 5.74) is 0. The van der Waals surface area contributed by atoms with Crippen LogP contribution in [-0.4, -0.2) is 35.3 Å². The molecule has 1 saturated heterocycles. The van der Waals surface area contributed by atoms with Crippen molar-refractivity contribution in [1.82, 2.24) is 10.2 Å². The van der Waals surface area contributed by atoms with Crippen LogP contribution in [0.1, 0.15) is 39.0 Å². The van der Waals surface area contributed by atoms with Crippen LogP contribution in [0.4, 0.5) is 0 Å². The van der Waals surface area contributed by atoms with Crippen LogP contribution in [0.2, 0.25) is 0 Å². The molecule has 1 atom stereocenters. The molecule has 4 nitrogen and oxygen atoms in total. The third-order valence-corrected chi connectivity index (χ3v) is 4.33. The second-order valence-corrected chi connectivity index (χ2v) is 5.89. The number of carbonyl (C=O) groups excluding carboxylic acids is 2. The molecule has 1 unspecified atom stereocenters. The lowest BCUT2D eigenvalue weighted by molar-refractivity contribution is -0.138. The molecule has 0 radical (unpaired) electrons. The average molecular weight is 236 g/mol. The number of amides is 2. The summed E-state index contributed by atoms with van der Waals surface area (Å²) >= 11 is 0. The fourth-order valence-corrected chi connectivity index (χ4v) is 3.04. The van der Waals surface area contributed by atoms with E-state index in [1.165, 1.54) is 0 Å². The third-order valence-electron chi connectivity index (χ3n) is 4.33. The first-order chi connectivity index (χ1) is 8.15. The van der Waals surface area contributed by atoms with Crippen LogP contribution in [-0.2, 0) is 9.59 Å². The first-order valence-corrected chi connectivity index (χ1v) is 6.75. The highest BCUT2D eigenvalue weighted by atomic mass is 16.2. The van der Waals surface area contributed by atoms with Crippen molar-refractivity contribution in [2.24, 2.45) is 11.8 Å². The molecule has 1 heterocycles. The van der Waals surface area contributed by atoms with E-state index in [9.17, 15) is 9.59 Å². The van der Waals surface area contributed by atoms with E-state index < -0.39 is 0 Å². The lowest BCUT2D eigenvalue weighted by atomic mass is 9.80. The molecule has 2 aliphatic carbocycles. The Kier molecular flexibility index (Phi) is 2.60. The maximum atomic E-state index is 12.4. The topological polar surface area (TPSA) is 49.4 Å². The second kappa shape index (κ2) is 4.00. The van der Waals surface area contributed by atoms with Crippen molar-refractivity contribution in [3.63, 3.8) is 0 Å². The molecule has 0 spiro atoms. The molecule has 0 bridgehead atoms. The van der Waals surface area contributed by atoms with Gasteiger partial charge in [-0.25, -0.2) is 0 Å². The minimum absolute atomic E-state index is 0.0464.